The molecule has 4 rings (SSSR count). The third kappa shape index (κ3) is 6.15. The molecule has 0 spiro atoms. The van der Waals surface area contributed by atoms with Gasteiger partial charge in [-0.15, -0.1) is 0 Å². The Morgan fingerprint density at radius 3 is 2.42 bits per heavy atom. The molecule has 0 aliphatic carbocycles. The van der Waals surface area contributed by atoms with Crippen molar-refractivity contribution in [2.45, 2.75) is 36.7 Å². The normalized spacial score (nSPS) is 15.5. The largest absolute Gasteiger partial charge is 0.497 e. The lowest BCUT2D eigenvalue weighted by Gasteiger charge is -2.32. The predicted molar refractivity (Wildman–Crippen MR) is 132 cm³/mol. The van der Waals surface area contributed by atoms with Crippen LogP contribution in [0.1, 0.15) is 35.4 Å². The van der Waals surface area contributed by atoms with Gasteiger partial charge in [0, 0.05) is 18.1 Å². The molecule has 33 heavy (non-hydrogen) atoms. The molecule has 0 unspecified atom stereocenters. The molecule has 0 saturated carbocycles. The van der Waals surface area contributed by atoms with Gasteiger partial charge in [-0.25, -0.2) is 13.1 Å². The number of sulfonamides is 1. The molecule has 7 heteroatoms. The van der Waals surface area contributed by atoms with E-state index in [1.54, 1.807) is 31.4 Å². The van der Waals surface area contributed by atoms with E-state index >= 15 is 0 Å². The lowest BCUT2D eigenvalue weighted by Crippen LogP contribution is -2.32. The van der Waals surface area contributed by atoms with E-state index in [1.165, 1.54) is 11.1 Å². The first-order chi connectivity index (χ1) is 15.9. The Balaban J connectivity index is 1.34. The second-order valence-corrected chi connectivity index (χ2v) is 10.6. The Kier molecular flexibility index (Phi) is 7.71. The molecule has 1 aliphatic rings. The zero-order valence-corrected chi connectivity index (χ0v) is 20.3. The molecule has 174 valence electrons. The molecule has 1 aliphatic heterocycles. The standard InChI is InChI=1S/C26H29ClN2O3S/c1-32-24-9-11-25(12-10-24)33(30,31)28-18-20-5-4-7-22(17-20)21-13-15-29(16-14-21)19-23-6-2-3-8-26(23)27/h2-12,17,21,28H,13-16,18-19H2,1H3. The van der Waals surface area contributed by atoms with Crippen LogP contribution in [0.15, 0.2) is 77.7 Å². The minimum absolute atomic E-state index is 0.227. The Labute approximate surface area is 201 Å². The minimum Gasteiger partial charge on any atom is -0.497 e. The number of piperidine rings is 1. The van der Waals surface area contributed by atoms with Crippen LogP contribution in [0.25, 0.3) is 0 Å². The van der Waals surface area contributed by atoms with Crippen molar-refractivity contribution in [3.8, 4) is 5.75 Å². The number of halogens is 1. The first-order valence-electron chi connectivity index (χ1n) is 11.1. The summed E-state index contributed by atoms with van der Waals surface area (Å²) in [7, 11) is -2.03. The van der Waals surface area contributed by atoms with Crippen LogP contribution in [-0.2, 0) is 23.1 Å². The SMILES string of the molecule is COc1ccc(S(=O)(=O)NCc2cccc(C3CCN(Cc4ccccc4Cl)CC3)c2)cc1. The number of rotatable bonds is 8. The van der Waals surface area contributed by atoms with Crippen molar-refractivity contribution in [3.05, 3.63) is 94.5 Å². The summed E-state index contributed by atoms with van der Waals surface area (Å²) in [4.78, 5) is 2.68. The van der Waals surface area contributed by atoms with Crippen molar-refractivity contribution < 1.29 is 13.2 Å². The van der Waals surface area contributed by atoms with E-state index in [9.17, 15) is 8.42 Å². The smallest absolute Gasteiger partial charge is 0.240 e. The van der Waals surface area contributed by atoms with Crippen molar-refractivity contribution in [2.24, 2.45) is 0 Å². The van der Waals surface area contributed by atoms with Gasteiger partial charge in [0.25, 0.3) is 0 Å². The van der Waals surface area contributed by atoms with Crippen molar-refractivity contribution in [3.63, 3.8) is 0 Å². The number of hydrogen-bond donors (Lipinski definition) is 1. The fraction of sp³-hybridized carbons (Fsp3) is 0.308. The zero-order valence-electron chi connectivity index (χ0n) is 18.7. The van der Waals surface area contributed by atoms with Gasteiger partial charge < -0.3 is 4.74 Å². The van der Waals surface area contributed by atoms with Crippen LogP contribution in [-0.4, -0.2) is 33.5 Å². The molecule has 0 radical (unpaired) electrons. The van der Waals surface area contributed by atoms with E-state index in [0.29, 0.717) is 11.7 Å². The molecular weight excluding hydrogens is 456 g/mol. The molecule has 0 aromatic heterocycles. The summed E-state index contributed by atoms with van der Waals surface area (Å²) >= 11 is 6.32. The third-order valence-corrected chi connectivity index (χ3v) is 7.98. The molecular formula is C26H29ClN2O3S. The number of ether oxygens (including phenoxy) is 1. The maximum atomic E-state index is 12.6. The van der Waals surface area contributed by atoms with E-state index in [-0.39, 0.29) is 11.4 Å². The number of benzene rings is 3. The van der Waals surface area contributed by atoms with E-state index in [0.717, 1.165) is 43.1 Å². The summed E-state index contributed by atoms with van der Waals surface area (Å²) in [6.45, 7) is 3.17. The fourth-order valence-corrected chi connectivity index (χ4v) is 5.48. The maximum Gasteiger partial charge on any atom is 0.240 e. The second kappa shape index (κ2) is 10.7. The van der Waals surface area contributed by atoms with Crippen molar-refractivity contribution in [1.29, 1.82) is 0 Å². The average molecular weight is 485 g/mol. The molecule has 0 atom stereocenters. The van der Waals surface area contributed by atoms with Crippen LogP contribution in [0.5, 0.6) is 5.75 Å². The summed E-state index contributed by atoms with van der Waals surface area (Å²) in [5.74, 6) is 1.10. The summed E-state index contributed by atoms with van der Waals surface area (Å²) in [5.41, 5.74) is 3.40. The van der Waals surface area contributed by atoms with E-state index in [4.69, 9.17) is 16.3 Å². The predicted octanol–water partition coefficient (Wildman–Crippen LogP) is 5.21. The van der Waals surface area contributed by atoms with Gasteiger partial charge in [0.05, 0.1) is 12.0 Å². The van der Waals surface area contributed by atoms with Crippen LogP contribution in [0.3, 0.4) is 0 Å². The number of nitrogens with zero attached hydrogens (tertiary/aromatic N) is 1. The van der Waals surface area contributed by atoms with Crippen LogP contribution >= 0.6 is 11.6 Å². The summed E-state index contributed by atoms with van der Waals surface area (Å²) < 4.78 is 33.1. The van der Waals surface area contributed by atoms with Gasteiger partial charge in [-0.2, -0.15) is 0 Å². The highest BCUT2D eigenvalue weighted by molar-refractivity contribution is 7.89. The quantitative estimate of drug-likeness (QED) is 0.477. The highest BCUT2D eigenvalue weighted by atomic mass is 35.5. The Morgan fingerprint density at radius 1 is 1.00 bits per heavy atom. The number of methoxy groups -OCH3 is 1. The number of hydrogen-bond acceptors (Lipinski definition) is 4. The van der Waals surface area contributed by atoms with Crippen molar-refractivity contribution in [1.82, 2.24) is 9.62 Å². The van der Waals surface area contributed by atoms with Gasteiger partial charge >= 0.3 is 0 Å². The number of nitrogens with one attached hydrogen (secondary N) is 1. The topological polar surface area (TPSA) is 58.6 Å². The van der Waals surface area contributed by atoms with Gasteiger partial charge in [-0.05, 0) is 78.9 Å². The molecule has 0 amide bonds. The Bertz CT molecular complexity index is 1170. The lowest BCUT2D eigenvalue weighted by atomic mass is 9.88. The Morgan fingerprint density at radius 2 is 1.73 bits per heavy atom. The molecule has 0 bridgehead atoms. The van der Waals surface area contributed by atoms with Gasteiger partial charge in [0.1, 0.15) is 5.75 Å². The molecule has 1 heterocycles. The van der Waals surface area contributed by atoms with Gasteiger partial charge in [-0.3, -0.25) is 4.90 Å². The van der Waals surface area contributed by atoms with Crippen molar-refractivity contribution in [2.75, 3.05) is 20.2 Å². The third-order valence-electron chi connectivity index (χ3n) is 6.20. The van der Waals surface area contributed by atoms with Gasteiger partial charge in [0.2, 0.25) is 10.0 Å². The molecule has 5 nitrogen and oxygen atoms in total. The Hall–Kier alpha value is -2.38. The molecule has 3 aromatic carbocycles. The summed E-state index contributed by atoms with van der Waals surface area (Å²) in [6, 6.07) is 22.7. The first-order valence-corrected chi connectivity index (χ1v) is 13.0. The van der Waals surface area contributed by atoms with Crippen LogP contribution < -0.4 is 9.46 Å². The van der Waals surface area contributed by atoms with Gasteiger partial charge in [-0.1, -0.05) is 54.1 Å². The molecule has 1 N–H and O–H groups in total. The highest BCUT2D eigenvalue weighted by Gasteiger charge is 2.21. The second-order valence-electron chi connectivity index (χ2n) is 8.39. The summed E-state index contributed by atoms with van der Waals surface area (Å²) in [5, 5.41) is 0.824. The van der Waals surface area contributed by atoms with Crippen molar-refractivity contribution >= 4 is 21.6 Å². The van der Waals surface area contributed by atoms with E-state index < -0.39 is 10.0 Å². The monoisotopic (exact) mass is 484 g/mol. The molecule has 1 fully saturated rings. The zero-order chi connectivity index (χ0) is 23.3. The van der Waals surface area contributed by atoms with Crippen LogP contribution in [0, 0.1) is 0 Å². The first kappa shape index (κ1) is 23.8. The van der Waals surface area contributed by atoms with E-state index in [2.05, 4.69) is 27.8 Å². The van der Waals surface area contributed by atoms with Gasteiger partial charge in [0.15, 0.2) is 0 Å². The number of likely N-dealkylation sites (tertiary alicyclic amines) is 1. The van der Waals surface area contributed by atoms with E-state index in [1.807, 2.05) is 30.3 Å². The molecule has 1 saturated heterocycles. The van der Waals surface area contributed by atoms with Crippen LogP contribution in [0.2, 0.25) is 5.02 Å². The maximum absolute atomic E-state index is 12.6. The fourth-order valence-electron chi connectivity index (χ4n) is 4.27. The lowest BCUT2D eigenvalue weighted by molar-refractivity contribution is 0.204. The molecule has 3 aromatic rings. The summed E-state index contributed by atoms with van der Waals surface area (Å²) in [6.07, 6.45) is 2.15. The highest BCUT2D eigenvalue weighted by Crippen LogP contribution is 2.30. The minimum atomic E-state index is -3.58. The average Bonchev–Trinajstić information content (AvgIpc) is 2.85. The van der Waals surface area contributed by atoms with Crippen LogP contribution in [0.4, 0.5) is 0 Å².